The maximum absolute atomic E-state index is 11.9. The van der Waals surface area contributed by atoms with E-state index < -0.39 is 0 Å². The highest BCUT2D eigenvalue weighted by Gasteiger charge is 2.23. The molecule has 1 aliphatic heterocycles. The van der Waals surface area contributed by atoms with Crippen molar-refractivity contribution in [2.45, 2.75) is 25.8 Å². The first-order chi connectivity index (χ1) is 16.4. The highest BCUT2D eigenvalue weighted by atomic mass is 35.5. The highest BCUT2D eigenvalue weighted by molar-refractivity contribution is 6.41. The first-order valence-electron chi connectivity index (χ1n) is 10.8. The topological polar surface area (TPSA) is 76.6 Å². The van der Waals surface area contributed by atoms with Crippen molar-refractivity contribution in [1.82, 2.24) is 14.9 Å². The quantitative estimate of drug-likeness (QED) is 0.496. The molecule has 0 unspecified atom stereocenters. The second-order valence-corrected chi connectivity index (χ2v) is 8.59. The van der Waals surface area contributed by atoms with Crippen molar-refractivity contribution in [3.63, 3.8) is 0 Å². The third-order valence-electron chi connectivity index (χ3n) is 5.79. The lowest BCUT2D eigenvalue weighted by atomic mass is 10.0. The van der Waals surface area contributed by atoms with Crippen molar-refractivity contribution in [3.05, 3.63) is 40.5 Å². The van der Waals surface area contributed by atoms with E-state index in [0.29, 0.717) is 46.1 Å². The van der Waals surface area contributed by atoms with E-state index >= 15 is 0 Å². The smallest absolute Gasteiger partial charge is 0.298 e. The van der Waals surface area contributed by atoms with Gasteiger partial charge in [-0.25, -0.2) is 9.97 Å². The normalized spacial score (nSPS) is 13.9. The molecule has 0 saturated carbocycles. The number of halogens is 2. The van der Waals surface area contributed by atoms with E-state index in [0.717, 1.165) is 29.3 Å². The van der Waals surface area contributed by atoms with Crippen LogP contribution in [0.5, 0.6) is 11.5 Å². The molecule has 34 heavy (non-hydrogen) atoms. The number of piperidine rings is 1. The Bertz CT molecular complexity index is 1270. The van der Waals surface area contributed by atoms with Crippen molar-refractivity contribution in [1.29, 1.82) is 0 Å². The zero-order valence-electron chi connectivity index (χ0n) is 19.1. The molecule has 3 aromatic rings. The van der Waals surface area contributed by atoms with Crippen LogP contribution in [0.2, 0.25) is 10.0 Å². The summed E-state index contributed by atoms with van der Waals surface area (Å²) in [5.41, 5.74) is 2.21. The molecule has 2 heterocycles. The number of methoxy groups -OCH3 is 2. The van der Waals surface area contributed by atoms with Crippen LogP contribution in [0.1, 0.15) is 19.8 Å². The number of benzene rings is 2. The zero-order valence-corrected chi connectivity index (χ0v) is 20.6. The molecule has 0 radical (unpaired) electrons. The predicted molar refractivity (Wildman–Crippen MR) is 135 cm³/mol. The number of rotatable bonds is 5. The largest absolute Gasteiger partial charge is 0.495 e. The molecule has 7 nitrogen and oxygen atoms in total. The number of nitrogens with zero attached hydrogens (tertiary/aromatic N) is 3. The lowest BCUT2D eigenvalue weighted by Crippen LogP contribution is -2.42. The van der Waals surface area contributed by atoms with Crippen LogP contribution in [0.4, 0.5) is 5.95 Å². The van der Waals surface area contributed by atoms with Crippen molar-refractivity contribution in [3.8, 4) is 34.5 Å². The summed E-state index contributed by atoms with van der Waals surface area (Å²) in [4.78, 5) is 22.9. The number of carbonyl (C=O) groups excluding carboxylic acids is 1. The summed E-state index contributed by atoms with van der Waals surface area (Å²) in [6, 6.07) is 7.60. The first-order valence-corrected chi connectivity index (χ1v) is 11.6. The van der Waals surface area contributed by atoms with E-state index in [1.165, 1.54) is 0 Å². The number of likely N-dealkylation sites (tertiary alicyclic amines) is 1. The molecule has 1 aromatic heterocycles. The van der Waals surface area contributed by atoms with E-state index in [4.69, 9.17) is 32.7 Å². The summed E-state index contributed by atoms with van der Waals surface area (Å²) in [5, 5.41) is 5.04. The monoisotopic (exact) mass is 498 g/mol. The number of aromatic nitrogens is 2. The van der Waals surface area contributed by atoms with Gasteiger partial charge in [0.25, 0.3) is 5.91 Å². The Morgan fingerprint density at radius 3 is 2.41 bits per heavy atom. The van der Waals surface area contributed by atoms with E-state index in [1.54, 1.807) is 38.3 Å². The molecule has 1 fully saturated rings. The lowest BCUT2D eigenvalue weighted by molar-refractivity contribution is -0.126. The maximum Gasteiger partial charge on any atom is 0.298 e. The first kappa shape index (κ1) is 23.9. The average Bonchev–Trinajstić information content (AvgIpc) is 2.85. The standard InChI is InChI=1S/C25H24Cl2N4O3/c1-4-5-21(32)31-10-8-17(9-11-31)29-25-28-14-16-12-15(6-7-18(16)30-25)22-23(26)19(33-2)13-20(34-3)24(22)27/h6-7,12-14,17H,8-11H2,1-3H3,(H,28,29,30). The summed E-state index contributed by atoms with van der Waals surface area (Å²) in [7, 11) is 3.09. The van der Waals surface area contributed by atoms with Gasteiger partial charge in [-0.1, -0.05) is 35.2 Å². The molecule has 9 heteroatoms. The lowest BCUT2D eigenvalue weighted by Gasteiger charge is -2.31. The summed E-state index contributed by atoms with van der Waals surface area (Å²) >= 11 is 13.1. The Balaban J connectivity index is 1.55. The fourth-order valence-corrected chi connectivity index (χ4v) is 4.71. The van der Waals surface area contributed by atoms with Gasteiger partial charge in [-0.15, -0.1) is 0 Å². The Morgan fingerprint density at radius 1 is 1.12 bits per heavy atom. The molecule has 0 bridgehead atoms. The van der Waals surface area contributed by atoms with Gasteiger partial charge in [0.15, 0.2) is 0 Å². The molecular weight excluding hydrogens is 475 g/mol. The minimum absolute atomic E-state index is 0.118. The van der Waals surface area contributed by atoms with Crippen molar-refractivity contribution >= 4 is 46.0 Å². The Hall–Kier alpha value is -3.21. The molecule has 1 amide bonds. The number of anilines is 1. The second-order valence-electron chi connectivity index (χ2n) is 7.84. The molecule has 2 aromatic carbocycles. The van der Waals surface area contributed by atoms with Crippen LogP contribution in [-0.2, 0) is 4.79 Å². The fourth-order valence-electron chi connectivity index (χ4n) is 3.99. The van der Waals surface area contributed by atoms with Gasteiger partial charge in [0, 0.05) is 42.3 Å². The van der Waals surface area contributed by atoms with Gasteiger partial charge in [0.05, 0.1) is 29.8 Å². The van der Waals surface area contributed by atoms with Gasteiger partial charge < -0.3 is 19.7 Å². The van der Waals surface area contributed by atoms with Crippen LogP contribution in [0, 0.1) is 11.8 Å². The third-order valence-corrected chi connectivity index (χ3v) is 6.54. The predicted octanol–water partition coefficient (Wildman–Crippen LogP) is 5.05. The van der Waals surface area contributed by atoms with Crippen molar-refractivity contribution in [2.24, 2.45) is 0 Å². The van der Waals surface area contributed by atoms with Crippen LogP contribution in [-0.4, -0.2) is 54.1 Å². The molecule has 0 spiro atoms. The molecule has 4 rings (SSSR count). The minimum atomic E-state index is -0.118. The number of fused-ring (bicyclic) bond motifs is 1. The number of carbonyl (C=O) groups is 1. The van der Waals surface area contributed by atoms with Crippen LogP contribution >= 0.6 is 23.2 Å². The summed E-state index contributed by atoms with van der Waals surface area (Å²) < 4.78 is 10.8. The van der Waals surface area contributed by atoms with Gasteiger partial charge in [0.1, 0.15) is 11.5 Å². The minimum Gasteiger partial charge on any atom is -0.495 e. The van der Waals surface area contributed by atoms with Crippen LogP contribution in [0.25, 0.3) is 22.0 Å². The fraction of sp³-hybridized carbons (Fsp3) is 0.320. The van der Waals surface area contributed by atoms with Gasteiger partial charge >= 0.3 is 0 Å². The van der Waals surface area contributed by atoms with Gasteiger partial charge in [-0.3, -0.25) is 4.79 Å². The van der Waals surface area contributed by atoms with Gasteiger partial charge in [-0.2, -0.15) is 0 Å². The van der Waals surface area contributed by atoms with Crippen molar-refractivity contribution in [2.75, 3.05) is 32.6 Å². The number of nitrogens with one attached hydrogen (secondary N) is 1. The SMILES string of the molecule is CC#CC(=O)N1CCC(Nc2ncc3cc(-c4c(Cl)c(OC)cc(OC)c4Cl)ccc3n2)CC1. The van der Waals surface area contributed by atoms with E-state index in [1.807, 2.05) is 18.2 Å². The Labute approximate surface area is 208 Å². The number of hydrogen-bond acceptors (Lipinski definition) is 6. The van der Waals surface area contributed by atoms with Crippen LogP contribution < -0.4 is 14.8 Å². The van der Waals surface area contributed by atoms with E-state index in [-0.39, 0.29) is 11.9 Å². The summed E-state index contributed by atoms with van der Waals surface area (Å²) in [6.07, 6.45) is 3.39. The van der Waals surface area contributed by atoms with E-state index in [9.17, 15) is 4.79 Å². The molecule has 1 saturated heterocycles. The van der Waals surface area contributed by atoms with Gasteiger partial charge in [0.2, 0.25) is 5.95 Å². The van der Waals surface area contributed by atoms with Crippen molar-refractivity contribution < 1.29 is 14.3 Å². The number of ether oxygens (including phenoxy) is 2. The summed E-state index contributed by atoms with van der Waals surface area (Å²) in [5.74, 6) is 6.64. The maximum atomic E-state index is 11.9. The second kappa shape index (κ2) is 10.4. The highest BCUT2D eigenvalue weighted by Crippen LogP contribution is 2.46. The third kappa shape index (κ3) is 4.84. The molecule has 0 atom stereocenters. The summed E-state index contributed by atoms with van der Waals surface area (Å²) in [6.45, 7) is 2.99. The Morgan fingerprint density at radius 2 is 1.79 bits per heavy atom. The Kier molecular flexibility index (Phi) is 7.30. The number of hydrogen-bond donors (Lipinski definition) is 1. The molecule has 0 aliphatic carbocycles. The molecule has 176 valence electrons. The molecular formula is C25H24Cl2N4O3. The van der Waals surface area contributed by atoms with Crippen LogP contribution in [0.3, 0.4) is 0 Å². The molecule has 1 aliphatic rings. The zero-order chi connectivity index (χ0) is 24.2. The van der Waals surface area contributed by atoms with Gasteiger partial charge in [-0.05, 0) is 43.4 Å². The number of amides is 1. The van der Waals surface area contributed by atoms with E-state index in [2.05, 4.69) is 27.1 Å². The van der Waals surface area contributed by atoms with Crippen LogP contribution in [0.15, 0.2) is 30.5 Å². The average molecular weight is 499 g/mol. The molecule has 1 N–H and O–H groups in total.